The molecule has 0 saturated heterocycles. The number of rotatable bonds is 5. The molecule has 2 aromatic heterocycles. The van der Waals surface area contributed by atoms with E-state index in [2.05, 4.69) is 45.7 Å². The molecule has 9 nitrogen and oxygen atoms in total. The molecular weight excluding hydrogens is 516 g/mol. The fourth-order valence-corrected chi connectivity index (χ4v) is 4.86. The highest BCUT2D eigenvalue weighted by Crippen LogP contribution is 2.37. The van der Waals surface area contributed by atoms with Gasteiger partial charge in [0.15, 0.2) is 0 Å². The van der Waals surface area contributed by atoms with E-state index in [0.29, 0.717) is 22.0 Å². The minimum atomic E-state index is -0.646. The highest BCUT2D eigenvalue weighted by Gasteiger charge is 2.20. The number of carbonyl (C=O) groups is 1. The Morgan fingerprint density at radius 2 is 1.76 bits per heavy atom. The number of nitrogens with one attached hydrogen (secondary N) is 2. The summed E-state index contributed by atoms with van der Waals surface area (Å²) in [4.78, 5) is 24.9. The van der Waals surface area contributed by atoms with Gasteiger partial charge < -0.3 is 10.1 Å². The van der Waals surface area contributed by atoms with Gasteiger partial charge in [-0.3, -0.25) is 9.48 Å². The fraction of sp³-hybridized carbons (Fsp3) is 0.219. The van der Waals surface area contributed by atoms with E-state index in [1.165, 1.54) is 0 Å². The summed E-state index contributed by atoms with van der Waals surface area (Å²) in [5, 5.41) is 25.0. The molecule has 0 saturated carbocycles. The molecule has 5 rings (SSSR count). The van der Waals surface area contributed by atoms with Crippen LogP contribution >= 0.6 is 0 Å². The van der Waals surface area contributed by atoms with Gasteiger partial charge in [-0.05, 0) is 74.2 Å². The molecule has 41 heavy (non-hydrogen) atoms. The Hall–Kier alpha value is -5.23. The van der Waals surface area contributed by atoms with Crippen LogP contribution < -0.4 is 10.9 Å². The molecule has 1 amide bonds. The first-order valence-electron chi connectivity index (χ1n) is 13.2. The summed E-state index contributed by atoms with van der Waals surface area (Å²) in [7, 11) is 1.84. The molecule has 5 aromatic rings. The monoisotopic (exact) mass is 546 g/mol. The van der Waals surface area contributed by atoms with Crippen LogP contribution in [0.5, 0.6) is 0 Å². The topological polar surface area (TPSA) is 126 Å². The van der Waals surface area contributed by atoms with Gasteiger partial charge in [0.05, 0.1) is 41.1 Å². The summed E-state index contributed by atoms with van der Waals surface area (Å²) in [5.41, 5.74) is 6.33. The third-order valence-electron chi connectivity index (χ3n) is 6.77. The van der Waals surface area contributed by atoms with E-state index in [-0.39, 0.29) is 12.1 Å². The zero-order valence-electron chi connectivity index (χ0n) is 23.6. The number of aryl methyl sites for hydroxylation is 2. The molecule has 0 radical (unpaired) electrons. The number of benzene rings is 3. The number of fused-ring (bicyclic) bond motifs is 1. The van der Waals surface area contributed by atoms with Crippen molar-refractivity contribution in [2.24, 2.45) is 7.05 Å². The van der Waals surface area contributed by atoms with Gasteiger partial charge in [-0.1, -0.05) is 36.4 Å². The van der Waals surface area contributed by atoms with Crippen molar-refractivity contribution in [2.45, 2.75) is 39.8 Å². The van der Waals surface area contributed by atoms with Crippen molar-refractivity contribution in [3.8, 4) is 39.6 Å². The van der Waals surface area contributed by atoms with Gasteiger partial charge in [0.1, 0.15) is 5.60 Å². The van der Waals surface area contributed by atoms with Crippen molar-refractivity contribution in [3.05, 3.63) is 94.0 Å². The van der Waals surface area contributed by atoms with Gasteiger partial charge in [0, 0.05) is 23.6 Å². The molecule has 0 unspecified atom stereocenters. The number of ether oxygens (including phenoxy) is 1. The standard InChI is InChI=1S/C32H30N6O3/c1-19-8-6-7-9-23(19)20-10-11-22(16-33)25(14-20)29-27(17-35-38(29)5)21-12-13-24-26(15-21)28(36-37-30(24)39)18-34-31(40)41-32(2,3)4/h6-15,17H,18H2,1-5H3,(H,34,40)(H,37,39). The molecule has 206 valence electrons. The van der Waals surface area contributed by atoms with Crippen LogP contribution in [0.15, 0.2) is 71.7 Å². The quantitative estimate of drug-likeness (QED) is 0.284. The van der Waals surface area contributed by atoms with Crippen molar-refractivity contribution in [2.75, 3.05) is 0 Å². The first-order valence-corrected chi connectivity index (χ1v) is 13.2. The molecule has 0 spiro atoms. The van der Waals surface area contributed by atoms with Gasteiger partial charge in [0.25, 0.3) is 5.56 Å². The summed E-state index contributed by atoms with van der Waals surface area (Å²) < 4.78 is 7.09. The SMILES string of the molecule is Cc1ccccc1-c1ccc(C#N)c(-c2c(-c3ccc4c(=O)[nH]nc(CNC(=O)OC(C)(C)C)c4c3)cnn2C)c1. The maximum absolute atomic E-state index is 12.6. The highest BCUT2D eigenvalue weighted by molar-refractivity contribution is 5.92. The maximum Gasteiger partial charge on any atom is 0.407 e. The predicted octanol–water partition coefficient (Wildman–Crippen LogP) is 5.86. The van der Waals surface area contributed by atoms with E-state index in [1.54, 1.807) is 37.7 Å². The Kier molecular flexibility index (Phi) is 7.16. The van der Waals surface area contributed by atoms with E-state index in [4.69, 9.17) is 4.74 Å². The normalized spacial score (nSPS) is 11.3. The Morgan fingerprint density at radius 1 is 1.02 bits per heavy atom. The number of H-pyrrole nitrogens is 1. The third kappa shape index (κ3) is 5.58. The van der Waals surface area contributed by atoms with Crippen LogP contribution in [0, 0.1) is 18.3 Å². The van der Waals surface area contributed by atoms with Crippen molar-refractivity contribution in [1.29, 1.82) is 5.26 Å². The summed E-state index contributed by atoms with van der Waals surface area (Å²) in [5.74, 6) is 0. The number of amides is 1. The Morgan fingerprint density at radius 3 is 2.49 bits per heavy atom. The average molecular weight is 547 g/mol. The van der Waals surface area contributed by atoms with Gasteiger partial charge >= 0.3 is 6.09 Å². The number of hydrogen-bond acceptors (Lipinski definition) is 6. The lowest BCUT2D eigenvalue weighted by Gasteiger charge is -2.19. The van der Waals surface area contributed by atoms with Gasteiger partial charge in [-0.25, -0.2) is 9.89 Å². The summed E-state index contributed by atoms with van der Waals surface area (Å²) in [6.45, 7) is 7.47. The second kappa shape index (κ2) is 10.7. The number of aromatic amines is 1. The molecule has 0 atom stereocenters. The number of alkyl carbamates (subject to hydrolysis) is 1. The third-order valence-corrected chi connectivity index (χ3v) is 6.77. The van der Waals surface area contributed by atoms with E-state index in [9.17, 15) is 14.9 Å². The second-order valence-electron chi connectivity index (χ2n) is 10.8. The second-order valence-corrected chi connectivity index (χ2v) is 10.8. The maximum atomic E-state index is 12.6. The van der Waals surface area contributed by atoms with Gasteiger partial charge in [-0.2, -0.15) is 15.5 Å². The molecule has 0 aliphatic heterocycles. The van der Waals surface area contributed by atoms with Crippen LogP contribution in [-0.4, -0.2) is 31.7 Å². The molecule has 9 heteroatoms. The smallest absolute Gasteiger partial charge is 0.407 e. The molecule has 0 aliphatic rings. The zero-order chi connectivity index (χ0) is 29.3. The van der Waals surface area contributed by atoms with Crippen molar-refractivity contribution < 1.29 is 9.53 Å². The lowest BCUT2D eigenvalue weighted by Crippen LogP contribution is -2.32. The zero-order valence-corrected chi connectivity index (χ0v) is 23.6. The minimum Gasteiger partial charge on any atom is -0.444 e. The molecule has 0 bridgehead atoms. The van der Waals surface area contributed by atoms with Crippen LogP contribution in [0.3, 0.4) is 0 Å². The van der Waals surface area contributed by atoms with Crippen LogP contribution in [0.1, 0.15) is 37.6 Å². The van der Waals surface area contributed by atoms with Crippen LogP contribution in [0.25, 0.3) is 44.3 Å². The fourth-order valence-electron chi connectivity index (χ4n) is 4.86. The van der Waals surface area contributed by atoms with Crippen LogP contribution in [0.4, 0.5) is 4.79 Å². The van der Waals surface area contributed by atoms with Crippen LogP contribution in [0.2, 0.25) is 0 Å². The van der Waals surface area contributed by atoms with Crippen molar-refractivity contribution >= 4 is 16.9 Å². The van der Waals surface area contributed by atoms with Crippen LogP contribution in [-0.2, 0) is 18.3 Å². The van der Waals surface area contributed by atoms with Crippen molar-refractivity contribution in [3.63, 3.8) is 0 Å². The summed E-state index contributed by atoms with van der Waals surface area (Å²) in [6.07, 6.45) is 1.17. The summed E-state index contributed by atoms with van der Waals surface area (Å²) in [6, 6.07) is 21.7. The lowest BCUT2D eigenvalue weighted by atomic mass is 9.92. The largest absolute Gasteiger partial charge is 0.444 e. The first kappa shape index (κ1) is 27.3. The number of carbonyl (C=O) groups excluding carboxylic acids is 1. The molecule has 2 N–H and O–H groups in total. The summed E-state index contributed by atoms with van der Waals surface area (Å²) >= 11 is 0. The number of aromatic nitrogens is 4. The van der Waals surface area contributed by atoms with Crippen molar-refractivity contribution in [1.82, 2.24) is 25.3 Å². The van der Waals surface area contributed by atoms with Gasteiger partial charge in [0.2, 0.25) is 0 Å². The number of nitriles is 1. The van der Waals surface area contributed by atoms with E-state index in [0.717, 1.165) is 39.1 Å². The number of nitrogens with zero attached hydrogens (tertiary/aromatic N) is 4. The first-order chi connectivity index (χ1) is 19.6. The Bertz CT molecular complexity index is 1890. The van der Waals surface area contributed by atoms with E-state index in [1.807, 2.05) is 49.5 Å². The molecular formula is C32H30N6O3. The predicted molar refractivity (Wildman–Crippen MR) is 158 cm³/mol. The number of hydrogen-bond donors (Lipinski definition) is 2. The van der Waals surface area contributed by atoms with E-state index >= 15 is 0 Å². The Balaban J connectivity index is 1.61. The molecule has 2 heterocycles. The molecule has 0 aliphatic carbocycles. The molecule has 3 aromatic carbocycles. The average Bonchev–Trinajstić information content (AvgIpc) is 3.32. The molecule has 0 fully saturated rings. The Labute approximate surface area is 237 Å². The van der Waals surface area contributed by atoms with E-state index < -0.39 is 11.7 Å². The highest BCUT2D eigenvalue weighted by atomic mass is 16.6. The van der Waals surface area contributed by atoms with Gasteiger partial charge in [-0.15, -0.1) is 0 Å². The minimum absolute atomic E-state index is 0.0581. The lowest BCUT2D eigenvalue weighted by molar-refractivity contribution is 0.0523.